The minimum absolute atomic E-state index is 0.135. The van der Waals surface area contributed by atoms with Crippen LogP contribution in [0.15, 0.2) is 59.6 Å². The highest BCUT2D eigenvalue weighted by molar-refractivity contribution is 7.90. The summed E-state index contributed by atoms with van der Waals surface area (Å²) in [6.45, 7) is 1.65. The number of ether oxygens (including phenoxy) is 1. The Morgan fingerprint density at radius 1 is 1.08 bits per heavy atom. The van der Waals surface area contributed by atoms with Crippen LogP contribution in [0.25, 0.3) is 11.4 Å². The van der Waals surface area contributed by atoms with Gasteiger partial charge >= 0.3 is 0 Å². The smallest absolute Gasteiger partial charge is 0.252 e. The van der Waals surface area contributed by atoms with Crippen molar-refractivity contribution in [3.63, 3.8) is 0 Å². The number of morpholine rings is 1. The Balaban J connectivity index is 1.47. The number of fused-ring (bicyclic) bond motifs is 3. The maximum atomic E-state index is 13.5. The van der Waals surface area contributed by atoms with Crippen molar-refractivity contribution in [1.29, 1.82) is 0 Å². The Bertz CT molecular complexity index is 1500. The Kier molecular flexibility index (Phi) is 6.94. The normalized spacial score (nSPS) is 17.6. The van der Waals surface area contributed by atoms with Gasteiger partial charge in [-0.2, -0.15) is 0 Å². The molecule has 3 aromatic rings. The second-order valence-electron chi connectivity index (χ2n) is 8.82. The van der Waals surface area contributed by atoms with Crippen molar-refractivity contribution >= 4 is 38.1 Å². The standard InChI is InChI=1S/C24H25N5O6S2/c1-37(33,34)19-8-4-17(5-9-19)14-29-20-13-25-22(18-6-2-16(3-7-18)12-26-36(31)32)27-23(20)28-10-11-35-15-21(28)24(29)30/h2-9,13,21,36H,10-12,14-15H2,1H3,(H,26,31,32). The summed E-state index contributed by atoms with van der Waals surface area (Å²) < 4.78 is 53.1. The van der Waals surface area contributed by atoms with Gasteiger partial charge in [0, 0.05) is 24.9 Å². The number of nitrogens with zero attached hydrogens (tertiary/aromatic N) is 4. The number of benzene rings is 2. The number of thiol groups is 1. The maximum Gasteiger partial charge on any atom is 0.252 e. The van der Waals surface area contributed by atoms with Crippen molar-refractivity contribution in [3.05, 3.63) is 65.9 Å². The van der Waals surface area contributed by atoms with Gasteiger partial charge in [0.2, 0.25) is 10.9 Å². The molecule has 3 heterocycles. The Labute approximate surface area is 216 Å². The highest BCUT2D eigenvalue weighted by Gasteiger charge is 2.41. The molecule has 5 rings (SSSR count). The first-order chi connectivity index (χ1) is 17.7. The topological polar surface area (TPSA) is 139 Å². The molecule has 1 unspecified atom stereocenters. The maximum absolute atomic E-state index is 13.5. The second-order valence-corrected chi connectivity index (χ2v) is 11.7. The van der Waals surface area contributed by atoms with E-state index in [1.165, 1.54) is 12.1 Å². The summed E-state index contributed by atoms with van der Waals surface area (Å²) in [5.41, 5.74) is 2.89. The first kappa shape index (κ1) is 25.3. The zero-order valence-corrected chi connectivity index (χ0v) is 21.6. The van der Waals surface area contributed by atoms with Crippen molar-refractivity contribution in [2.24, 2.45) is 0 Å². The molecule has 1 saturated heterocycles. The zero-order valence-electron chi connectivity index (χ0n) is 19.9. The van der Waals surface area contributed by atoms with Crippen LogP contribution in [-0.2, 0) is 43.3 Å². The lowest BCUT2D eigenvalue weighted by Crippen LogP contribution is -2.58. The van der Waals surface area contributed by atoms with Gasteiger partial charge in [0.25, 0.3) is 5.91 Å². The van der Waals surface area contributed by atoms with E-state index >= 15 is 0 Å². The molecular weight excluding hydrogens is 518 g/mol. The number of hydrogen-bond donors (Lipinski definition) is 2. The summed E-state index contributed by atoms with van der Waals surface area (Å²) in [5, 5.41) is 0. The first-order valence-corrected chi connectivity index (χ1v) is 14.6. The molecule has 194 valence electrons. The first-order valence-electron chi connectivity index (χ1n) is 11.5. The van der Waals surface area contributed by atoms with Crippen LogP contribution >= 0.6 is 0 Å². The number of carbonyl (C=O) groups excluding carboxylic acids is 1. The van der Waals surface area contributed by atoms with Crippen molar-refractivity contribution in [1.82, 2.24) is 14.7 Å². The SMILES string of the molecule is CS(=O)(=O)c1ccc(CN2C(=O)C3COCCN3c3nc(-c4ccc(CN[SH](=O)=O)cc4)ncc32)cc1. The minimum Gasteiger partial charge on any atom is -0.377 e. The number of amides is 1. The van der Waals surface area contributed by atoms with E-state index in [1.54, 1.807) is 35.4 Å². The third kappa shape index (κ3) is 5.34. The van der Waals surface area contributed by atoms with E-state index in [2.05, 4.69) is 9.71 Å². The summed E-state index contributed by atoms with van der Waals surface area (Å²) in [4.78, 5) is 26.6. The zero-order chi connectivity index (χ0) is 26.2. The van der Waals surface area contributed by atoms with Gasteiger partial charge in [0.1, 0.15) is 11.7 Å². The third-order valence-electron chi connectivity index (χ3n) is 6.31. The summed E-state index contributed by atoms with van der Waals surface area (Å²) in [6.07, 6.45) is 2.78. The molecule has 0 saturated carbocycles. The predicted octanol–water partition coefficient (Wildman–Crippen LogP) is 0.915. The summed E-state index contributed by atoms with van der Waals surface area (Å²) in [6, 6.07) is 13.2. The van der Waals surface area contributed by atoms with Crippen molar-refractivity contribution in [2.45, 2.75) is 24.0 Å². The molecule has 0 spiro atoms. The lowest BCUT2D eigenvalue weighted by Gasteiger charge is -2.43. The van der Waals surface area contributed by atoms with Crippen LogP contribution < -0.4 is 14.5 Å². The molecule has 1 atom stereocenters. The number of sulfone groups is 1. The molecule has 2 aliphatic rings. The van der Waals surface area contributed by atoms with Crippen LogP contribution in [0, 0.1) is 0 Å². The van der Waals surface area contributed by atoms with Gasteiger partial charge in [0.15, 0.2) is 21.5 Å². The molecule has 1 amide bonds. The Morgan fingerprint density at radius 2 is 1.78 bits per heavy atom. The average molecular weight is 544 g/mol. The number of carbonyl (C=O) groups is 1. The van der Waals surface area contributed by atoms with Gasteiger partial charge in [-0.15, -0.1) is 0 Å². The van der Waals surface area contributed by atoms with Gasteiger partial charge in [0.05, 0.1) is 30.9 Å². The van der Waals surface area contributed by atoms with Crippen LogP contribution in [0.2, 0.25) is 0 Å². The lowest BCUT2D eigenvalue weighted by atomic mass is 10.1. The van der Waals surface area contributed by atoms with Crippen LogP contribution in [0.1, 0.15) is 11.1 Å². The quantitative estimate of drug-likeness (QED) is 0.417. The van der Waals surface area contributed by atoms with E-state index in [9.17, 15) is 21.6 Å². The fourth-order valence-electron chi connectivity index (χ4n) is 4.38. The molecule has 2 aromatic carbocycles. The third-order valence-corrected chi connectivity index (χ3v) is 7.85. The summed E-state index contributed by atoms with van der Waals surface area (Å²) in [5.74, 6) is 0.967. The summed E-state index contributed by atoms with van der Waals surface area (Å²) in [7, 11) is -6.00. The molecule has 1 N–H and O–H groups in total. The number of rotatable bonds is 7. The number of nitrogens with one attached hydrogen (secondary N) is 1. The van der Waals surface area contributed by atoms with Crippen molar-refractivity contribution in [2.75, 3.05) is 35.8 Å². The van der Waals surface area contributed by atoms with E-state index in [0.29, 0.717) is 30.5 Å². The number of anilines is 2. The second kappa shape index (κ2) is 10.2. The molecule has 0 bridgehead atoms. The van der Waals surface area contributed by atoms with Crippen LogP contribution in [-0.4, -0.2) is 64.8 Å². The molecule has 1 aromatic heterocycles. The largest absolute Gasteiger partial charge is 0.377 e. The van der Waals surface area contributed by atoms with Gasteiger partial charge in [-0.1, -0.05) is 36.4 Å². The molecule has 0 aliphatic carbocycles. The average Bonchev–Trinajstić information content (AvgIpc) is 2.89. The summed E-state index contributed by atoms with van der Waals surface area (Å²) >= 11 is 0. The van der Waals surface area contributed by atoms with Gasteiger partial charge in [-0.25, -0.2) is 31.5 Å². The van der Waals surface area contributed by atoms with Crippen molar-refractivity contribution in [3.8, 4) is 11.4 Å². The highest BCUT2D eigenvalue weighted by Crippen LogP contribution is 2.37. The molecule has 1 fully saturated rings. The highest BCUT2D eigenvalue weighted by atomic mass is 32.2. The fraction of sp³-hybridized carbons (Fsp3) is 0.292. The lowest BCUT2D eigenvalue weighted by molar-refractivity contribution is -0.122. The van der Waals surface area contributed by atoms with Gasteiger partial charge in [-0.3, -0.25) is 4.79 Å². The minimum atomic E-state index is -3.32. The number of aromatic nitrogens is 2. The van der Waals surface area contributed by atoms with E-state index < -0.39 is 26.8 Å². The number of hydrogen-bond acceptors (Lipinski definition) is 9. The molecule has 37 heavy (non-hydrogen) atoms. The van der Waals surface area contributed by atoms with E-state index in [-0.39, 0.29) is 30.5 Å². The van der Waals surface area contributed by atoms with E-state index in [1.807, 2.05) is 17.0 Å². The van der Waals surface area contributed by atoms with Crippen LogP contribution in [0.4, 0.5) is 11.5 Å². The fourth-order valence-corrected chi connectivity index (χ4v) is 5.33. The monoisotopic (exact) mass is 543 g/mol. The van der Waals surface area contributed by atoms with Gasteiger partial charge in [-0.05, 0) is 23.3 Å². The van der Waals surface area contributed by atoms with Gasteiger partial charge < -0.3 is 14.5 Å². The van der Waals surface area contributed by atoms with Crippen LogP contribution in [0.5, 0.6) is 0 Å². The van der Waals surface area contributed by atoms with Crippen LogP contribution in [0.3, 0.4) is 0 Å². The molecular formula is C24H25N5O6S2. The Morgan fingerprint density at radius 3 is 2.46 bits per heavy atom. The molecule has 0 radical (unpaired) electrons. The van der Waals surface area contributed by atoms with E-state index in [4.69, 9.17) is 9.72 Å². The predicted molar refractivity (Wildman–Crippen MR) is 137 cm³/mol. The molecule has 2 aliphatic heterocycles. The van der Waals surface area contributed by atoms with Crippen molar-refractivity contribution < 1.29 is 26.4 Å². The molecule has 11 nitrogen and oxygen atoms in total. The van der Waals surface area contributed by atoms with E-state index in [0.717, 1.165) is 22.9 Å². The molecule has 13 heteroatoms. The Hall–Kier alpha value is -3.39.